The van der Waals surface area contributed by atoms with Crippen molar-refractivity contribution in [2.24, 2.45) is 5.92 Å². The quantitative estimate of drug-likeness (QED) is 0.291. The van der Waals surface area contributed by atoms with Gasteiger partial charge in [0.2, 0.25) is 5.91 Å². The summed E-state index contributed by atoms with van der Waals surface area (Å²) in [6, 6.07) is 15.6. The number of carbonyl (C=O) groups excluding carboxylic acids is 2. The van der Waals surface area contributed by atoms with Crippen LogP contribution in [0.4, 0.5) is 5.69 Å². The highest BCUT2D eigenvalue weighted by atomic mass is 16.5. The summed E-state index contributed by atoms with van der Waals surface area (Å²) in [7, 11) is 0. The van der Waals surface area contributed by atoms with E-state index in [2.05, 4.69) is 16.0 Å². The molecule has 0 unspecified atom stereocenters. The number of nitrogens with one attached hydrogen (secondary N) is 1. The van der Waals surface area contributed by atoms with Gasteiger partial charge in [0.25, 0.3) is 0 Å². The van der Waals surface area contributed by atoms with E-state index in [9.17, 15) is 9.59 Å². The third-order valence-electron chi connectivity index (χ3n) is 6.83. The number of aryl methyl sites for hydroxylation is 1. The topological polar surface area (TPSA) is 97.0 Å². The third kappa shape index (κ3) is 6.51. The van der Waals surface area contributed by atoms with E-state index < -0.39 is 0 Å². The molecule has 1 aromatic heterocycles. The van der Waals surface area contributed by atoms with E-state index in [0.29, 0.717) is 25.0 Å². The minimum Gasteiger partial charge on any atom is -0.466 e. The molecule has 1 amide bonds. The Kier molecular flexibility index (Phi) is 8.72. The monoisotopic (exact) mass is 486 g/mol. The number of anilines is 1. The number of esters is 1. The van der Waals surface area contributed by atoms with E-state index in [1.165, 1.54) is 6.42 Å². The van der Waals surface area contributed by atoms with E-state index in [1.54, 1.807) is 0 Å². The molecule has 36 heavy (non-hydrogen) atoms. The summed E-state index contributed by atoms with van der Waals surface area (Å²) in [5.41, 5.74) is 4.32. The van der Waals surface area contributed by atoms with Crippen LogP contribution < -0.4 is 5.32 Å². The number of nitriles is 1. The van der Waals surface area contributed by atoms with Gasteiger partial charge >= 0.3 is 5.97 Å². The van der Waals surface area contributed by atoms with Crippen LogP contribution in [0.15, 0.2) is 42.5 Å². The average molecular weight is 487 g/mol. The molecule has 3 aromatic rings. The molecule has 188 valence electrons. The zero-order valence-corrected chi connectivity index (χ0v) is 21.0. The summed E-state index contributed by atoms with van der Waals surface area (Å²) >= 11 is 0. The van der Waals surface area contributed by atoms with Crippen molar-refractivity contribution in [1.29, 1.82) is 5.26 Å². The predicted octanol–water partition coefficient (Wildman–Crippen LogP) is 5.75. The molecule has 1 saturated carbocycles. The fraction of sp³-hybridized carbons (Fsp3) is 0.448. The second-order valence-electron chi connectivity index (χ2n) is 9.45. The van der Waals surface area contributed by atoms with E-state index in [-0.39, 0.29) is 17.8 Å². The van der Waals surface area contributed by atoms with Crippen LogP contribution in [-0.4, -0.2) is 28.0 Å². The lowest BCUT2D eigenvalue weighted by atomic mass is 9.88. The Morgan fingerprint density at radius 1 is 1.11 bits per heavy atom. The lowest BCUT2D eigenvalue weighted by molar-refractivity contribution is -0.143. The average Bonchev–Trinajstić information content (AvgIpc) is 3.23. The Hall–Kier alpha value is -3.66. The maximum atomic E-state index is 12.7. The van der Waals surface area contributed by atoms with E-state index in [0.717, 1.165) is 73.2 Å². The van der Waals surface area contributed by atoms with Crippen LogP contribution in [0.1, 0.15) is 75.2 Å². The molecule has 2 aromatic carbocycles. The summed E-state index contributed by atoms with van der Waals surface area (Å²) in [6.07, 6.45) is 7.98. The molecular formula is C29H34N4O3. The van der Waals surface area contributed by atoms with Crippen LogP contribution in [0.3, 0.4) is 0 Å². The first-order chi connectivity index (χ1) is 17.6. The van der Waals surface area contributed by atoms with Crippen molar-refractivity contribution in [3.63, 3.8) is 0 Å². The first-order valence-electron chi connectivity index (χ1n) is 13.0. The van der Waals surface area contributed by atoms with Gasteiger partial charge in [0.15, 0.2) is 0 Å². The van der Waals surface area contributed by atoms with E-state index >= 15 is 0 Å². The molecule has 1 N–H and O–H groups in total. The highest BCUT2D eigenvalue weighted by Gasteiger charge is 2.21. The van der Waals surface area contributed by atoms with Crippen LogP contribution >= 0.6 is 0 Å². The molecule has 1 heterocycles. The molecule has 0 aliphatic heterocycles. The van der Waals surface area contributed by atoms with Crippen LogP contribution in [0, 0.1) is 17.2 Å². The molecular weight excluding hydrogens is 452 g/mol. The number of carbonyl (C=O) groups is 2. The minimum atomic E-state index is -0.163. The van der Waals surface area contributed by atoms with Gasteiger partial charge < -0.3 is 14.6 Å². The van der Waals surface area contributed by atoms with Crippen molar-refractivity contribution in [1.82, 2.24) is 9.55 Å². The van der Waals surface area contributed by atoms with Crippen molar-refractivity contribution in [2.45, 2.75) is 71.3 Å². The van der Waals surface area contributed by atoms with Gasteiger partial charge in [0.1, 0.15) is 5.82 Å². The molecule has 7 nitrogen and oxygen atoms in total. The smallest absolute Gasteiger partial charge is 0.305 e. The highest BCUT2D eigenvalue weighted by molar-refractivity contribution is 5.94. The molecule has 4 rings (SSSR count). The highest BCUT2D eigenvalue weighted by Crippen LogP contribution is 2.27. The van der Waals surface area contributed by atoms with Crippen LogP contribution in [0.5, 0.6) is 0 Å². The molecule has 1 fully saturated rings. The molecule has 0 saturated heterocycles. The van der Waals surface area contributed by atoms with Crippen molar-refractivity contribution in [3.05, 3.63) is 59.4 Å². The number of hydrogen-bond acceptors (Lipinski definition) is 5. The normalized spacial score (nSPS) is 13.9. The molecule has 0 spiro atoms. The first kappa shape index (κ1) is 25.4. The first-order valence-corrected chi connectivity index (χ1v) is 13.0. The second kappa shape index (κ2) is 12.3. The summed E-state index contributed by atoms with van der Waals surface area (Å²) in [4.78, 5) is 29.4. The number of ether oxygens (including phenoxy) is 1. The molecule has 1 aliphatic carbocycles. The maximum Gasteiger partial charge on any atom is 0.305 e. The van der Waals surface area contributed by atoms with Gasteiger partial charge in [0.05, 0.1) is 29.3 Å². The largest absolute Gasteiger partial charge is 0.466 e. The number of imidazole rings is 1. The fourth-order valence-electron chi connectivity index (χ4n) is 4.90. The Morgan fingerprint density at radius 2 is 1.89 bits per heavy atom. The van der Waals surface area contributed by atoms with Crippen molar-refractivity contribution in [3.8, 4) is 6.07 Å². The third-order valence-corrected chi connectivity index (χ3v) is 6.83. The maximum absolute atomic E-state index is 12.7. The Labute approximate surface area is 212 Å². The fourth-order valence-corrected chi connectivity index (χ4v) is 4.90. The van der Waals surface area contributed by atoms with Gasteiger partial charge in [-0.05, 0) is 68.5 Å². The summed E-state index contributed by atoms with van der Waals surface area (Å²) in [6.45, 7) is 2.95. The van der Waals surface area contributed by atoms with Gasteiger partial charge in [-0.25, -0.2) is 4.98 Å². The van der Waals surface area contributed by atoms with Crippen LogP contribution in [-0.2, 0) is 27.3 Å². The molecule has 7 heteroatoms. The van der Waals surface area contributed by atoms with E-state index in [4.69, 9.17) is 15.0 Å². The Bertz CT molecular complexity index is 1230. The lowest BCUT2D eigenvalue weighted by Gasteiger charge is -2.20. The molecule has 0 radical (unpaired) electrons. The SMILES string of the molecule is CCOC(=O)CCCCn1c(Cc2ccc(C#N)cc2)nc2cc(NC(=O)C3CCCCC3)ccc21. The zero-order chi connectivity index (χ0) is 25.3. The summed E-state index contributed by atoms with van der Waals surface area (Å²) < 4.78 is 7.24. The van der Waals surface area contributed by atoms with Crippen LogP contribution in [0.2, 0.25) is 0 Å². The summed E-state index contributed by atoms with van der Waals surface area (Å²) in [5, 5.41) is 12.2. The van der Waals surface area contributed by atoms with Crippen molar-refractivity contribution < 1.29 is 14.3 Å². The van der Waals surface area contributed by atoms with Gasteiger partial charge in [-0.2, -0.15) is 5.26 Å². The molecule has 0 atom stereocenters. The Morgan fingerprint density at radius 3 is 2.61 bits per heavy atom. The summed E-state index contributed by atoms with van der Waals surface area (Å²) in [5.74, 6) is 0.953. The zero-order valence-electron chi connectivity index (χ0n) is 21.0. The number of aromatic nitrogens is 2. The lowest BCUT2D eigenvalue weighted by Crippen LogP contribution is -2.24. The number of amides is 1. The van der Waals surface area contributed by atoms with Gasteiger partial charge in [-0.3, -0.25) is 9.59 Å². The van der Waals surface area contributed by atoms with Gasteiger partial charge in [0, 0.05) is 31.0 Å². The number of benzene rings is 2. The number of nitrogens with zero attached hydrogens (tertiary/aromatic N) is 3. The van der Waals surface area contributed by atoms with E-state index in [1.807, 2.05) is 49.4 Å². The second-order valence-corrected chi connectivity index (χ2v) is 9.45. The standard InChI is InChI=1S/C29H34N4O3/c1-2-36-28(34)10-6-7-17-33-26-16-15-24(31-29(35)23-8-4-3-5-9-23)19-25(26)32-27(33)18-21-11-13-22(20-30)14-12-21/h11-16,19,23H,2-10,17-18H2,1H3,(H,31,35). The van der Waals surface area contributed by atoms with Crippen molar-refractivity contribution in [2.75, 3.05) is 11.9 Å². The predicted molar refractivity (Wildman–Crippen MR) is 139 cm³/mol. The Balaban J connectivity index is 1.53. The molecule has 0 bridgehead atoms. The number of hydrogen-bond donors (Lipinski definition) is 1. The van der Waals surface area contributed by atoms with Gasteiger partial charge in [-0.15, -0.1) is 0 Å². The number of fused-ring (bicyclic) bond motifs is 1. The number of rotatable bonds is 10. The molecule has 1 aliphatic rings. The van der Waals surface area contributed by atoms with Crippen LogP contribution in [0.25, 0.3) is 11.0 Å². The number of unbranched alkanes of at least 4 members (excludes halogenated alkanes) is 1. The minimum absolute atomic E-state index is 0.0957. The van der Waals surface area contributed by atoms with Crippen molar-refractivity contribution >= 4 is 28.6 Å². The van der Waals surface area contributed by atoms with Gasteiger partial charge in [-0.1, -0.05) is 31.4 Å².